The predicted molar refractivity (Wildman–Crippen MR) is 89.6 cm³/mol. The molecule has 1 aromatic rings. The highest BCUT2D eigenvalue weighted by Crippen LogP contribution is 2.37. The number of carbonyl (C=O) groups is 2. The van der Waals surface area contributed by atoms with E-state index in [0.717, 1.165) is 42.7 Å². The molecule has 4 heteroatoms. The van der Waals surface area contributed by atoms with Crippen LogP contribution in [0.4, 0.5) is 0 Å². The molecule has 0 atom stereocenters. The van der Waals surface area contributed by atoms with Gasteiger partial charge in [0.15, 0.2) is 0 Å². The molecule has 3 nitrogen and oxygen atoms in total. The first-order chi connectivity index (χ1) is 10.7. The van der Waals surface area contributed by atoms with Crippen LogP contribution >= 0.6 is 11.3 Å². The zero-order chi connectivity index (χ0) is 15.1. The Bertz CT molecular complexity index is 617. The maximum Gasteiger partial charge on any atom is 0.252 e. The van der Waals surface area contributed by atoms with Crippen LogP contribution in [0.2, 0.25) is 0 Å². The summed E-state index contributed by atoms with van der Waals surface area (Å²) in [6.07, 6.45) is 9.55. The molecule has 2 saturated carbocycles. The summed E-state index contributed by atoms with van der Waals surface area (Å²) in [4.78, 5) is 27.3. The van der Waals surface area contributed by atoms with Crippen LogP contribution in [0.1, 0.15) is 65.6 Å². The molecule has 3 aliphatic rings. The molecule has 120 valence electrons. The molecule has 0 unspecified atom stereocenters. The lowest BCUT2D eigenvalue weighted by Crippen LogP contribution is -2.27. The van der Waals surface area contributed by atoms with Gasteiger partial charge in [-0.3, -0.25) is 9.59 Å². The number of amides is 1. The molecule has 1 amide bonds. The highest BCUT2D eigenvalue weighted by molar-refractivity contribution is 7.12. The van der Waals surface area contributed by atoms with E-state index in [-0.39, 0.29) is 13.3 Å². The van der Waals surface area contributed by atoms with E-state index >= 15 is 0 Å². The Hall–Kier alpha value is -1.16. The fraction of sp³-hybridized carbons (Fsp3) is 0.667. The minimum absolute atomic E-state index is 0. The summed E-state index contributed by atoms with van der Waals surface area (Å²) in [5.74, 6) is 1.39. The Morgan fingerprint density at radius 3 is 2.64 bits per heavy atom. The van der Waals surface area contributed by atoms with Crippen LogP contribution in [0.15, 0.2) is 0 Å². The Kier molecular flexibility index (Phi) is 3.81. The first-order valence-corrected chi connectivity index (χ1v) is 9.48. The van der Waals surface area contributed by atoms with Crippen LogP contribution in [0.5, 0.6) is 0 Å². The molecule has 0 bridgehead atoms. The summed E-state index contributed by atoms with van der Waals surface area (Å²) in [5, 5.41) is 3.11. The summed E-state index contributed by atoms with van der Waals surface area (Å²) < 4.78 is 0. The number of carbonyl (C=O) groups excluding carboxylic acids is 2. The molecule has 4 rings (SSSR count). The van der Waals surface area contributed by atoms with Crippen molar-refractivity contribution in [3.63, 3.8) is 0 Å². The number of Topliss-reactive ketones (excluding diaryl/α,β-unsaturated/α-hetero) is 1. The molecular weight excluding hydrogens is 294 g/mol. The number of nitrogens with one attached hydrogen (secondary N) is 1. The van der Waals surface area contributed by atoms with Gasteiger partial charge >= 0.3 is 0 Å². The fourth-order valence-electron chi connectivity index (χ4n) is 3.37. The summed E-state index contributed by atoms with van der Waals surface area (Å²) in [6, 6.07) is 0. The lowest BCUT2D eigenvalue weighted by molar-refractivity contribution is -0.119. The van der Waals surface area contributed by atoms with Gasteiger partial charge in [-0.15, -0.1) is 11.3 Å². The van der Waals surface area contributed by atoms with E-state index in [4.69, 9.17) is 0 Å². The largest absolute Gasteiger partial charge is 0.352 e. The van der Waals surface area contributed by atoms with Crippen molar-refractivity contribution in [2.45, 2.75) is 57.8 Å². The molecule has 2 fully saturated rings. The molecular formula is C18H25NO2S. The van der Waals surface area contributed by atoms with Crippen molar-refractivity contribution >= 4 is 23.0 Å². The molecule has 0 spiro atoms. The van der Waals surface area contributed by atoms with Gasteiger partial charge < -0.3 is 5.32 Å². The highest BCUT2D eigenvalue weighted by atomic mass is 32.1. The SMILES string of the molecule is O=C(NCC1CC1)c1c(CC(=O)C2CC2)sc2c1CCCC2.[HH]. The van der Waals surface area contributed by atoms with E-state index in [1.165, 1.54) is 36.1 Å². The molecule has 1 aromatic heterocycles. The molecule has 0 radical (unpaired) electrons. The number of rotatable bonds is 6. The Labute approximate surface area is 137 Å². The Balaban J connectivity index is 0.00000156. The van der Waals surface area contributed by atoms with E-state index in [1.807, 2.05) is 0 Å². The minimum Gasteiger partial charge on any atom is -0.352 e. The zero-order valence-corrected chi connectivity index (χ0v) is 13.8. The Morgan fingerprint density at radius 1 is 1.14 bits per heavy atom. The maximum absolute atomic E-state index is 12.7. The molecule has 3 aliphatic carbocycles. The second-order valence-corrected chi connectivity index (χ2v) is 8.27. The fourth-order valence-corrected chi connectivity index (χ4v) is 4.77. The average molecular weight is 319 g/mol. The predicted octanol–water partition coefficient (Wildman–Crippen LogP) is 3.53. The van der Waals surface area contributed by atoms with E-state index in [2.05, 4.69) is 5.32 Å². The van der Waals surface area contributed by atoms with Crippen LogP contribution in [0, 0.1) is 11.8 Å². The summed E-state index contributed by atoms with van der Waals surface area (Å²) in [7, 11) is 0. The molecule has 0 aliphatic heterocycles. The second kappa shape index (κ2) is 5.80. The third-order valence-electron chi connectivity index (χ3n) is 5.09. The summed E-state index contributed by atoms with van der Waals surface area (Å²) in [5.41, 5.74) is 2.12. The standard InChI is InChI=1S/C18H23NO2S.H2/c20-14(12-7-8-12)9-16-17(18(21)19-10-11-5-6-11)13-3-1-2-4-15(13)22-16;/h11-12H,1-10H2,(H,19,21);1H. The number of fused-ring (bicyclic) bond motifs is 1. The van der Waals surface area contributed by atoms with Crippen molar-refractivity contribution in [3.05, 3.63) is 20.9 Å². The zero-order valence-electron chi connectivity index (χ0n) is 13.0. The molecule has 1 heterocycles. The van der Waals surface area contributed by atoms with Crippen LogP contribution in [0.3, 0.4) is 0 Å². The van der Waals surface area contributed by atoms with E-state index in [1.54, 1.807) is 11.3 Å². The second-order valence-electron chi connectivity index (χ2n) is 7.08. The number of thiophene rings is 1. The van der Waals surface area contributed by atoms with Crippen molar-refractivity contribution in [1.82, 2.24) is 5.32 Å². The number of hydrogen-bond donors (Lipinski definition) is 1. The van der Waals surface area contributed by atoms with Gasteiger partial charge in [-0.2, -0.15) is 0 Å². The van der Waals surface area contributed by atoms with Crippen molar-refractivity contribution < 1.29 is 11.0 Å². The van der Waals surface area contributed by atoms with Gasteiger partial charge in [0.1, 0.15) is 5.78 Å². The molecule has 0 saturated heterocycles. The minimum atomic E-state index is 0. The van der Waals surface area contributed by atoms with E-state index < -0.39 is 0 Å². The van der Waals surface area contributed by atoms with Gasteiger partial charge in [0.2, 0.25) is 0 Å². The number of ketones is 1. The molecule has 0 aromatic carbocycles. The Morgan fingerprint density at radius 2 is 1.91 bits per heavy atom. The summed E-state index contributed by atoms with van der Waals surface area (Å²) >= 11 is 1.73. The average Bonchev–Trinajstić information content (AvgIpc) is 3.41. The van der Waals surface area contributed by atoms with Crippen LogP contribution in [-0.2, 0) is 24.1 Å². The van der Waals surface area contributed by atoms with Crippen molar-refractivity contribution in [3.8, 4) is 0 Å². The topological polar surface area (TPSA) is 46.2 Å². The van der Waals surface area contributed by atoms with E-state index in [0.29, 0.717) is 18.1 Å². The lowest BCUT2D eigenvalue weighted by Gasteiger charge is -2.13. The normalized spacial score (nSPS) is 20.5. The van der Waals surface area contributed by atoms with Crippen molar-refractivity contribution in [2.75, 3.05) is 6.54 Å². The smallest absolute Gasteiger partial charge is 0.252 e. The molecule has 1 N–H and O–H groups in total. The van der Waals surface area contributed by atoms with Gasteiger partial charge in [-0.05, 0) is 62.8 Å². The van der Waals surface area contributed by atoms with Crippen molar-refractivity contribution in [1.29, 1.82) is 0 Å². The van der Waals surface area contributed by atoms with Crippen LogP contribution < -0.4 is 5.32 Å². The number of hydrogen-bond acceptors (Lipinski definition) is 3. The van der Waals surface area contributed by atoms with Crippen LogP contribution in [-0.4, -0.2) is 18.2 Å². The van der Waals surface area contributed by atoms with Gasteiger partial charge in [-0.1, -0.05) is 0 Å². The monoisotopic (exact) mass is 319 g/mol. The van der Waals surface area contributed by atoms with E-state index in [9.17, 15) is 9.59 Å². The lowest BCUT2D eigenvalue weighted by atomic mass is 9.93. The number of aryl methyl sites for hydroxylation is 1. The third kappa shape index (κ3) is 2.98. The van der Waals surface area contributed by atoms with Crippen molar-refractivity contribution in [2.24, 2.45) is 11.8 Å². The highest BCUT2D eigenvalue weighted by Gasteiger charge is 2.33. The quantitative estimate of drug-likeness (QED) is 0.872. The van der Waals surface area contributed by atoms with Gasteiger partial charge in [0.05, 0.1) is 5.56 Å². The first kappa shape index (κ1) is 14.4. The van der Waals surface area contributed by atoms with Gasteiger partial charge in [0, 0.05) is 30.1 Å². The maximum atomic E-state index is 12.7. The van der Waals surface area contributed by atoms with Crippen LogP contribution in [0.25, 0.3) is 0 Å². The third-order valence-corrected chi connectivity index (χ3v) is 6.38. The van der Waals surface area contributed by atoms with Gasteiger partial charge in [0.25, 0.3) is 5.91 Å². The first-order valence-electron chi connectivity index (χ1n) is 8.66. The van der Waals surface area contributed by atoms with Gasteiger partial charge in [-0.25, -0.2) is 0 Å². The molecule has 22 heavy (non-hydrogen) atoms. The summed E-state index contributed by atoms with van der Waals surface area (Å²) in [6.45, 7) is 0.805.